The number of benzene rings is 2. The van der Waals surface area contributed by atoms with E-state index in [0.717, 1.165) is 22.6 Å². The summed E-state index contributed by atoms with van der Waals surface area (Å²) in [5.74, 6) is 0.598. The van der Waals surface area contributed by atoms with Gasteiger partial charge in [0.05, 0.1) is 18.0 Å². The fourth-order valence-corrected chi connectivity index (χ4v) is 5.99. The lowest BCUT2D eigenvalue weighted by Gasteiger charge is -2.37. The van der Waals surface area contributed by atoms with Crippen LogP contribution in [0.15, 0.2) is 35.2 Å². The summed E-state index contributed by atoms with van der Waals surface area (Å²) < 4.78 is 34.1. The Morgan fingerprint density at radius 1 is 0.969 bits per heavy atom. The summed E-state index contributed by atoms with van der Waals surface area (Å²) in [7, 11) is -2.19. The van der Waals surface area contributed by atoms with Crippen molar-refractivity contribution in [2.75, 3.05) is 38.2 Å². The molecule has 0 aliphatic carbocycles. The zero-order valence-electron chi connectivity index (χ0n) is 19.7. The van der Waals surface area contributed by atoms with Crippen LogP contribution in [-0.4, -0.2) is 58.6 Å². The average molecular weight is 460 g/mol. The molecule has 1 heterocycles. The molecule has 2 aromatic rings. The van der Waals surface area contributed by atoms with Crippen LogP contribution in [0.5, 0.6) is 5.75 Å². The van der Waals surface area contributed by atoms with E-state index >= 15 is 0 Å². The topological polar surface area (TPSA) is 79.0 Å². The summed E-state index contributed by atoms with van der Waals surface area (Å²) in [5.41, 5.74) is 4.35. The van der Waals surface area contributed by atoms with Gasteiger partial charge >= 0.3 is 0 Å². The van der Waals surface area contributed by atoms with Crippen LogP contribution in [0.3, 0.4) is 0 Å². The zero-order chi connectivity index (χ0) is 23.6. The molecule has 0 bridgehead atoms. The van der Waals surface area contributed by atoms with Crippen molar-refractivity contribution in [3.63, 3.8) is 0 Å². The smallest absolute Gasteiger partial charge is 0.241 e. The van der Waals surface area contributed by atoms with Crippen molar-refractivity contribution in [2.24, 2.45) is 0 Å². The van der Waals surface area contributed by atoms with E-state index in [1.165, 1.54) is 0 Å². The van der Waals surface area contributed by atoms with Crippen LogP contribution < -0.4 is 14.4 Å². The standard InChI is InChI=1S/C24H33N3O4S/c1-16-15-17(2)19(4)23(18(16)3)32(29,30)25-20(5)24(28)27-13-11-26(12-14-27)21-7-9-22(31-6)10-8-21/h7-10,15,20,25H,11-14H2,1-6H3. The van der Waals surface area contributed by atoms with Crippen LogP contribution in [0, 0.1) is 27.7 Å². The minimum atomic E-state index is -3.83. The number of hydrogen-bond donors (Lipinski definition) is 1. The number of nitrogens with zero attached hydrogens (tertiary/aromatic N) is 2. The first-order valence-corrected chi connectivity index (χ1v) is 12.3. The number of carbonyl (C=O) groups is 1. The van der Waals surface area contributed by atoms with Gasteiger partial charge in [-0.05, 0) is 81.1 Å². The van der Waals surface area contributed by atoms with E-state index in [2.05, 4.69) is 9.62 Å². The van der Waals surface area contributed by atoms with Gasteiger partial charge in [-0.15, -0.1) is 0 Å². The van der Waals surface area contributed by atoms with Crippen LogP contribution in [0.25, 0.3) is 0 Å². The summed E-state index contributed by atoms with van der Waals surface area (Å²) in [6.45, 7) is 11.5. The number of amides is 1. The molecule has 0 saturated carbocycles. The summed E-state index contributed by atoms with van der Waals surface area (Å²) >= 11 is 0. The third-order valence-electron chi connectivity index (χ3n) is 6.30. The molecule has 0 aromatic heterocycles. The van der Waals surface area contributed by atoms with E-state index in [1.54, 1.807) is 32.8 Å². The van der Waals surface area contributed by atoms with E-state index in [4.69, 9.17) is 4.74 Å². The van der Waals surface area contributed by atoms with Gasteiger partial charge < -0.3 is 14.5 Å². The van der Waals surface area contributed by atoms with Crippen molar-refractivity contribution in [1.82, 2.24) is 9.62 Å². The molecule has 2 aromatic carbocycles. The second-order valence-electron chi connectivity index (χ2n) is 8.44. The number of ether oxygens (including phenoxy) is 1. The first kappa shape index (κ1) is 24.1. The maximum Gasteiger partial charge on any atom is 0.241 e. The Bertz CT molecular complexity index is 1060. The van der Waals surface area contributed by atoms with Crippen molar-refractivity contribution < 1.29 is 17.9 Å². The molecule has 1 aliphatic rings. The van der Waals surface area contributed by atoms with Crippen LogP contribution >= 0.6 is 0 Å². The molecule has 174 valence electrons. The lowest BCUT2D eigenvalue weighted by molar-refractivity contribution is -0.132. The third kappa shape index (κ3) is 4.91. The maximum atomic E-state index is 13.2. The summed E-state index contributed by atoms with van der Waals surface area (Å²) in [6, 6.07) is 8.98. The van der Waals surface area contributed by atoms with Crippen molar-refractivity contribution in [3.05, 3.63) is 52.6 Å². The number of piperazine rings is 1. The Balaban J connectivity index is 1.66. The number of nitrogens with one attached hydrogen (secondary N) is 1. The number of carbonyl (C=O) groups excluding carboxylic acids is 1. The molecule has 7 nitrogen and oxygen atoms in total. The lowest BCUT2D eigenvalue weighted by Crippen LogP contribution is -2.54. The predicted molar refractivity (Wildman–Crippen MR) is 127 cm³/mol. The van der Waals surface area contributed by atoms with Gasteiger partial charge in [0.2, 0.25) is 15.9 Å². The molecule has 1 atom stereocenters. The van der Waals surface area contributed by atoms with Crippen LogP contribution in [0.2, 0.25) is 0 Å². The number of aryl methyl sites for hydroxylation is 2. The highest BCUT2D eigenvalue weighted by atomic mass is 32.2. The van der Waals surface area contributed by atoms with Gasteiger partial charge in [0.25, 0.3) is 0 Å². The largest absolute Gasteiger partial charge is 0.497 e. The molecule has 1 amide bonds. The molecular weight excluding hydrogens is 426 g/mol. The fourth-order valence-electron chi connectivity index (χ4n) is 4.18. The van der Waals surface area contributed by atoms with Gasteiger partial charge in [-0.2, -0.15) is 4.72 Å². The molecule has 8 heteroatoms. The Morgan fingerprint density at radius 2 is 1.50 bits per heavy atom. The minimum absolute atomic E-state index is 0.206. The average Bonchev–Trinajstić information content (AvgIpc) is 2.77. The number of sulfonamides is 1. The van der Waals surface area contributed by atoms with Crippen molar-refractivity contribution in [3.8, 4) is 5.75 Å². The molecule has 3 rings (SSSR count). The highest BCUT2D eigenvalue weighted by Gasteiger charge is 2.30. The zero-order valence-corrected chi connectivity index (χ0v) is 20.5. The van der Waals surface area contributed by atoms with Crippen LogP contribution in [-0.2, 0) is 14.8 Å². The lowest BCUT2D eigenvalue weighted by atomic mass is 10.0. The summed E-state index contributed by atoms with van der Waals surface area (Å²) in [4.78, 5) is 17.2. The highest BCUT2D eigenvalue weighted by Crippen LogP contribution is 2.26. The Kier molecular flexibility index (Phi) is 7.15. The number of methoxy groups -OCH3 is 1. The first-order chi connectivity index (χ1) is 15.0. The molecule has 0 spiro atoms. The van der Waals surface area contributed by atoms with Gasteiger partial charge in [-0.1, -0.05) is 6.07 Å². The van der Waals surface area contributed by atoms with Gasteiger partial charge in [0.1, 0.15) is 5.75 Å². The Hall–Kier alpha value is -2.58. The second-order valence-corrected chi connectivity index (χ2v) is 10.1. The normalized spacial score (nSPS) is 15.6. The van der Waals surface area contributed by atoms with Gasteiger partial charge in [0, 0.05) is 31.9 Å². The monoisotopic (exact) mass is 459 g/mol. The van der Waals surface area contributed by atoms with Crippen LogP contribution in [0.1, 0.15) is 29.2 Å². The molecule has 1 saturated heterocycles. The molecule has 0 radical (unpaired) electrons. The maximum absolute atomic E-state index is 13.2. The first-order valence-electron chi connectivity index (χ1n) is 10.8. The SMILES string of the molecule is COc1ccc(N2CCN(C(=O)C(C)NS(=O)(=O)c3c(C)c(C)cc(C)c3C)CC2)cc1. The fraction of sp³-hybridized carbons (Fsp3) is 0.458. The van der Waals surface area contributed by atoms with E-state index in [0.29, 0.717) is 37.3 Å². The van der Waals surface area contributed by atoms with E-state index in [-0.39, 0.29) is 10.8 Å². The summed E-state index contributed by atoms with van der Waals surface area (Å²) in [6.07, 6.45) is 0. The quantitative estimate of drug-likeness (QED) is 0.719. The van der Waals surface area contributed by atoms with Crippen molar-refractivity contribution in [2.45, 2.75) is 45.6 Å². The van der Waals surface area contributed by atoms with Crippen molar-refractivity contribution >= 4 is 21.6 Å². The molecular formula is C24H33N3O4S. The van der Waals surface area contributed by atoms with E-state index in [1.807, 2.05) is 44.2 Å². The Labute approximate surface area is 191 Å². The van der Waals surface area contributed by atoms with Crippen LogP contribution in [0.4, 0.5) is 5.69 Å². The Morgan fingerprint density at radius 3 is 2.00 bits per heavy atom. The number of rotatable bonds is 6. The summed E-state index contributed by atoms with van der Waals surface area (Å²) in [5, 5.41) is 0. The molecule has 1 unspecified atom stereocenters. The molecule has 1 N–H and O–H groups in total. The highest BCUT2D eigenvalue weighted by molar-refractivity contribution is 7.89. The molecule has 32 heavy (non-hydrogen) atoms. The number of anilines is 1. The van der Waals surface area contributed by atoms with E-state index in [9.17, 15) is 13.2 Å². The predicted octanol–water partition coefficient (Wildman–Crippen LogP) is 2.94. The third-order valence-corrected chi connectivity index (χ3v) is 8.11. The second kappa shape index (κ2) is 9.50. The van der Waals surface area contributed by atoms with Gasteiger partial charge in [-0.3, -0.25) is 4.79 Å². The van der Waals surface area contributed by atoms with Crippen molar-refractivity contribution in [1.29, 1.82) is 0 Å². The van der Waals surface area contributed by atoms with E-state index < -0.39 is 16.1 Å². The molecule has 1 fully saturated rings. The minimum Gasteiger partial charge on any atom is -0.497 e. The molecule has 1 aliphatic heterocycles. The number of hydrogen-bond acceptors (Lipinski definition) is 5. The van der Waals surface area contributed by atoms with Gasteiger partial charge in [-0.25, -0.2) is 8.42 Å². The van der Waals surface area contributed by atoms with Gasteiger partial charge in [0.15, 0.2) is 0 Å².